The summed E-state index contributed by atoms with van der Waals surface area (Å²) in [6, 6.07) is 0. The largest absolute Gasteiger partial charge is 0.481 e. The van der Waals surface area contributed by atoms with Gasteiger partial charge in [-0.05, 0) is 18.6 Å². The van der Waals surface area contributed by atoms with Gasteiger partial charge >= 0.3 is 5.97 Å². The standard InChI is InChI=1S/C9H16O3S/c1-2-4-9(8(11)12)6-13-5-3-7(9)10/h7,10H,2-6H2,1H3,(H,11,12). The molecule has 1 heterocycles. The Balaban J connectivity index is 2.79. The molecule has 0 amide bonds. The molecule has 4 heteroatoms. The second-order valence-corrected chi connectivity index (χ2v) is 4.67. The van der Waals surface area contributed by atoms with Gasteiger partial charge in [0.25, 0.3) is 0 Å². The van der Waals surface area contributed by atoms with Crippen molar-refractivity contribution in [3.8, 4) is 0 Å². The zero-order chi connectivity index (χ0) is 9.90. The fourth-order valence-corrected chi connectivity index (χ4v) is 3.18. The number of carboxylic acids is 1. The molecule has 0 saturated carbocycles. The van der Waals surface area contributed by atoms with Crippen molar-refractivity contribution in [3.05, 3.63) is 0 Å². The summed E-state index contributed by atoms with van der Waals surface area (Å²) in [5, 5.41) is 18.8. The molecule has 1 rings (SSSR count). The van der Waals surface area contributed by atoms with Crippen LogP contribution in [-0.2, 0) is 4.79 Å². The molecule has 0 bridgehead atoms. The highest BCUT2D eigenvalue weighted by Crippen LogP contribution is 2.38. The van der Waals surface area contributed by atoms with E-state index in [1.807, 2.05) is 6.92 Å². The summed E-state index contributed by atoms with van der Waals surface area (Å²) in [5.74, 6) is 0.589. The summed E-state index contributed by atoms with van der Waals surface area (Å²) in [4.78, 5) is 11.1. The summed E-state index contributed by atoms with van der Waals surface area (Å²) in [7, 11) is 0. The minimum absolute atomic E-state index is 0.553. The molecular formula is C9H16O3S. The predicted molar refractivity (Wildman–Crippen MR) is 52.9 cm³/mol. The van der Waals surface area contributed by atoms with E-state index in [4.69, 9.17) is 5.11 Å². The predicted octanol–water partition coefficient (Wildman–Crippen LogP) is 1.36. The lowest BCUT2D eigenvalue weighted by atomic mass is 9.78. The van der Waals surface area contributed by atoms with Crippen molar-refractivity contribution in [2.24, 2.45) is 5.41 Å². The number of carboxylic acid groups (broad SMARTS) is 1. The Morgan fingerprint density at radius 3 is 2.85 bits per heavy atom. The van der Waals surface area contributed by atoms with E-state index in [-0.39, 0.29) is 0 Å². The Morgan fingerprint density at radius 1 is 1.69 bits per heavy atom. The Hall–Kier alpha value is -0.220. The first-order valence-corrected chi connectivity index (χ1v) is 5.78. The van der Waals surface area contributed by atoms with Crippen molar-refractivity contribution < 1.29 is 15.0 Å². The lowest BCUT2D eigenvalue weighted by molar-refractivity contribution is -0.155. The SMILES string of the molecule is CCCC1(C(=O)O)CSCCC1O. The van der Waals surface area contributed by atoms with E-state index in [0.717, 1.165) is 12.2 Å². The maximum absolute atomic E-state index is 11.1. The molecule has 2 atom stereocenters. The van der Waals surface area contributed by atoms with E-state index in [1.54, 1.807) is 11.8 Å². The third-order valence-electron chi connectivity index (χ3n) is 2.66. The molecule has 0 aliphatic carbocycles. The number of carbonyl (C=O) groups is 1. The first-order valence-electron chi connectivity index (χ1n) is 4.62. The molecule has 0 aromatic carbocycles. The van der Waals surface area contributed by atoms with Gasteiger partial charge in [0.2, 0.25) is 0 Å². The molecule has 76 valence electrons. The van der Waals surface area contributed by atoms with Crippen LogP contribution in [0.5, 0.6) is 0 Å². The van der Waals surface area contributed by atoms with Crippen molar-refractivity contribution in [3.63, 3.8) is 0 Å². The fourth-order valence-electron chi connectivity index (χ4n) is 1.82. The normalized spacial score (nSPS) is 34.5. The second kappa shape index (κ2) is 4.33. The van der Waals surface area contributed by atoms with Crippen LogP contribution in [0.3, 0.4) is 0 Å². The van der Waals surface area contributed by atoms with Crippen LogP contribution in [0.2, 0.25) is 0 Å². The number of aliphatic carboxylic acids is 1. The highest BCUT2D eigenvalue weighted by atomic mass is 32.2. The zero-order valence-corrected chi connectivity index (χ0v) is 8.64. The number of aliphatic hydroxyl groups excluding tert-OH is 1. The van der Waals surface area contributed by atoms with Crippen LogP contribution >= 0.6 is 11.8 Å². The number of rotatable bonds is 3. The van der Waals surface area contributed by atoms with Gasteiger partial charge in [-0.15, -0.1) is 0 Å². The van der Waals surface area contributed by atoms with Crippen molar-refractivity contribution in [1.82, 2.24) is 0 Å². The highest BCUT2D eigenvalue weighted by Gasteiger charge is 2.46. The number of hydrogen-bond acceptors (Lipinski definition) is 3. The summed E-state index contributed by atoms with van der Waals surface area (Å²) in [6.45, 7) is 1.96. The van der Waals surface area contributed by atoms with Crippen LogP contribution in [0.1, 0.15) is 26.2 Å². The maximum atomic E-state index is 11.1. The molecule has 0 aromatic rings. The molecule has 13 heavy (non-hydrogen) atoms. The Bertz CT molecular complexity index is 191. The molecule has 0 aromatic heterocycles. The van der Waals surface area contributed by atoms with Crippen molar-refractivity contribution >= 4 is 17.7 Å². The molecule has 1 aliphatic heterocycles. The number of hydrogen-bond donors (Lipinski definition) is 2. The van der Waals surface area contributed by atoms with Gasteiger partial charge in [-0.2, -0.15) is 11.8 Å². The topological polar surface area (TPSA) is 57.5 Å². The van der Waals surface area contributed by atoms with Crippen LogP contribution in [-0.4, -0.2) is 33.8 Å². The Labute approximate surface area is 82.5 Å². The molecule has 1 fully saturated rings. The van der Waals surface area contributed by atoms with E-state index >= 15 is 0 Å². The van der Waals surface area contributed by atoms with Crippen LogP contribution < -0.4 is 0 Å². The van der Waals surface area contributed by atoms with Gasteiger partial charge in [-0.3, -0.25) is 4.79 Å². The van der Waals surface area contributed by atoms with E-state index in [0.29, 0.717) is 18.6 Å². The minimum atomic E-state index is -0.877. The lowest BCUT2D eigenvalue weighted by Gasteiger charge is -2.37. The molecule has 0 spiro atoms. The van der Waals surface area contributed by atoms with Gasteiger partial charge in [0.05, 0.1) is 6.10 Å². The van der Waals surface area contributed by atoms with E-state index in [2.05, 4.69) is 0 Å². The lowest BCUT2D eigenvalue weighted by Crippen LogP contribution is -2.47. The van der Waals surface area contributed by atoms with Crippen molar-refractivity contribution in [1.29, 1.82) is 0 Å². The molecular weight excluding hydrogens is 188 g/mol. The quantitative estimate of drug-likeness (QED) is 0.728. The van der Waals surface area contributed by atoms with Crippen molar-refractivity contribution in [2.45, 2.75) is 32.3 Å². The van der Waals surface area contributed by atoms with Gasteiger partial charge in [-0.25, -0.2) is 0 Å². The van der Waals surface area contributed by atoms with Crippen molar-refractivity contribution in [2.75, 3.05) is 11.5 Å². The first kappa shape index (κ1) is 10.9. The number of aliphatic hydroxyl groups is 1. The third kappa shape index (κ3) is 1.99. The summed E-state index contributed by atoms with van der Waals surface area (Å²) in [6.07, 6.45) is 1.34. The van der Waals surface area contributed by atoms with E-state index in [9.17, 15) is 9.90 Å². The second-order valence-electron chi connectivity index (χ2n) is 3.57. The van der Waals surface area contributed by atoms with Gasteiger partial charge in [0, 0.05) is 5.75 Å². The Morgan fingerprint density at radius 2 is 2.38 bits per heavy atom. The van der Waals surface area contributed by atoms with Gasteiger partial charge in [0.1, 0.15) is 5.41 Å². The molecule has 1 aliphatic rings. The summed E-state index contributed by atoms with van der Waals surface area (Å²) >= 11 is 1.63. The van der Waals surface area contributed by atoms with E-state index in [1.165, 1.54) is 0 Å². The third-order valence-corrected chi connectivity index (χ3v) is 3.90. The van der Waals surface area contributed by atoms with Crippen LogP contribution in [0.25, 0.3) is 0 Å². The molecule has 2 unspecified atom stereocenters. The Kier molecular flexibility index (Phi) is 3.62. The minimum Gasteiger partial charge on any atom is -0.481 e. The monoisotopic (exact) mass is 204 g/mol. The zero-order valence-electron chi connectivity index (χ0n) is 7.82. The van der Waals surface area contributed by atoms with Crippen LogP contribution in [0.15, 0.2) is 0 Å². The van der Waals surface area contributed by atoms with Gasteiger partial charge < -0.3 is 10.2 Å². The summed E-state index contributed by atoms with van der Waals surface area (Å²) in [5.41, 5.74) is -0.877. The average molecular weight is 204 g/mol. The van der Waals surface area contributed by atoms with Gasteiger partial charge in [0.15, 0.2) is 0 Å². The smallest absolute Gasteiger partial charge is 0.313 e. The average Bonchev–Trinajstić information content (AvgIpc) is 2.09. The number of thioether (sulfide) groups is 1. The molecule has 1 saturated heterocycles. The van der Waals surface area contributed by atoms with Crippen LogP contribution in [0.4, 0.5) is 0 Å². The summed E-state index contributed by atoms with van der Waals surface area (Å²) < 4.78 is 0. The van der Waals surface area contributed by atoms with Gasteiger partial charge in [-0.1, -0.05) is 13.3 Å². The fraction of sp³-hybridized carbons (Fsp3) is 0.889. The van der Waals surface area contributed by atoms with Crippen LogP contribution in [0, 0.1) is 5.41 Å². The molecule has 0 radical (unpaired) electrons. The highest BCUT2D eigenvalue weighted by molar-refractivity contribution is 7.99. The maximum Gasteiger partial charge on any atom is 0.313 e. The molecule has 2 N–H and O–H groups in total. The van der Waals surface area contributed by atoms with E-state index < -0.39 is 17.5 Å². The molecule has 3 nitrogen and oxygen atoms in total. The first-order chi connectivity index (χ1) is 6.13.